The van der Waals surface area contributed by atoms with E-state index in [0.717, 1.165) is 36.4 Å². The van der Waals surface area contributed by atoms with Crippen molar-refractivity contribution in [2.75, 3.05) is 41.0 Å². The minimum atomic E-state index is -0.736. The van der Waals surface area contributed by atoms with Crippen molar-refractivity contribution in [1.82, 2.24) is 10.2 Å². The smallest absolute Gasteiger partial charge is 0.348 e. The van der Waals surface area contributed by atoms with Crippen molar-refractivity contribution in [2.24, 2.45) is 5.92 Å². The molecule has 3 heterocycles. The summed E-state index contributed by atoms with van der Waals surface area (Å²) in [5.74, 6) is 0.592. The van der Waals surface area contributed by atoms with Gasteiger partial charge in [-0.25, -0.2) is 14.6 Å². The van der Waals surface area contributed by atoms with E-state index in [1.165, 1.54) is 11.3 Å². The van der Waals surface area contributed by atoms with Crippen LogP contribution in [0.15, 0.2) is 73.1 Å². The van der Waals surface area contributed by atoms with Crippen molar-refractivity contribution >= 4 is 46.5 Å². The first-order valence-electron chi connectivity index (χ1n) is 15.7. The SMILES string of the molecule is COc1ccc([C@H](Cc2c(Cl)c[nH+]cc2Cl)OC(=O)c2ccc(CNC(C(=O)OCC3CCN(C)CC3)c3ccccc3)s2)cc1OC. The number of nitrogens with one attached hydrogen (secondary N) is 2. The molecule has 12 heteroatoms. The number of methoxy groups -OCH3 is 2. The third-order valence-electron chi connectivity index (χ3n) is 8.43. The highest BCUT2D eigenvalue weighted by atomic mass is 35.5. The molecule has 2 atom stereocenters. The predicted octanol–water partition coefficient (Wildman–Crippen LogP) is 6.74. The Kier molecular flexibility index (Phi) is 12.7. The summed E-state index contributed by atoms with van der Waals surface area (Å²) >= 11 is 14.2. The number of H-pyrrole nitrogens is 1. The van der Waals surface area contributed by atoms with Gasteiger partial charge in [0.25, 0.3) is 0 Å². The van der Waals surface area contributed by atoms with Crippen LogP contribution in [0, 0.1) is 5.92 Å². The summed E-state index contributed by atoms with van der Waals surface area (Å²) < 4.78 is 22.8. The highest BCUT2D eigenvalue weighted by Crippen LogP contribution is 2.36. The number of carbonyl (C=O) groups is 2. The molecule has 1 unspecified atom stereocenters. The first-order valence-corrected chi connectivity index (χ1v) is 17.3. The molecular formula is C36H40Cl2N3O6S+. The van der Waals surface area contributed by atoms with Gasteiger partial charge in [0.15, 0.2) is 23.9 Å². The first-order chi connectivity index (χ1) is 23.2. The Hall–Kier alpha value is -3.67. The largest absolute Gasteiger partial charge is 0.493 e. The second-order valence-corrected chi connectivity index (χ2v) is 13.7. The number of halogens is 2. The quantitative estimate of drug-likeness (QED) is 0.144. The van der Waals surface area contributed by atoms with Gasteiger partial charge in [-0.05, 0) is 74.3 Å². The number of hydrogen-bond acceptors (Lipinski definition) is 9. The van der Waals surface area contributed by atoms with E-state index in [1.54, 1.807) is 44.8 Å². The topological polar surface area (TPSA) is 100 Å². The van der Waals surface area contributed by atoms with Gasteiger partial charge in [0.1, 0.15) is 27.1 Å². The lowest BCUT2D eigenvalue weighted by molar-refractivity contribution is -0.377. The third kappa shape index (κ3) is 9.27. The molecule has 0 saturated carbocycles. The van der Waals surface area contributed by atoms with Crippen LogP contribution in [0.1, 0.15) is 56.2 Å². The zero-order chi connectivity index (χ0) is 34.0. The highest BCUT2D eigenvalue weighted by Gasteiger charge is 2.27. The molecule has 1 saturated heterocycles. The minimum Gasteiger partial charge on any atom is -0.493 e. The number of hydrogen-bond donors (Lipinski definition) is 1. The Morgan fingerprint density at radius 3 is 2.35 bits per heavy atom. The molecular weight excluding hydrogens is 673 g/mol. The Morgan fingerprint density at radius 1 is 0.958 bits per heavy atom. The standard InChI is InChI=1S/C36H39Cl2N3O6S/c1-41-15-13-23(14-16-41)22-46-36(43)34(24-7-5-4-6-8-24)40-19-26-10-12-33(48-26)35(42)47-31(18-27-28(37)20-39-21-29(27)38)25-9-11-30(44-2)32(17-25)45-3/h4-12,17,20-21,23,31,34,40H,13-16,18-19,22H2,1-3H3/p+1/t31-,34?/m0/s1. The van der Waals surface area contributed by atoms with Crippen LogP contribution in [0.25, 0.3) is 0 Å². The van der Waals surface area contributed by atoms with Crippen LogP contribution in [-0.2, 0) is 27.2 Å². The lowest BCUT2D eigenvalue weighted by atomic mass is 9.98. The predicted molar refractivity (Wildman–Crippen MR) is 186 cm³/mol. The van der Waals surface area contributed by atoms with Crippen LogP contribution in [-0.4, -0.2) is 57.8 Å². The van der Waals surface area contributed by atoms with Gasteiger partial charge in [0, 0.05) is 23.4 Å². The number of thiophene rings is 1. The Bertz CT molecular complexity index is 1660. The second-order valence-electron chi connectivity index (χ2n) is 11.7. The van der Waals surface area contributed by atoms with Gasteiger partial charge in [0.2, 0.25) is 0 Å². The van der Waals surface area contributed by atoms with E-state index in [9.17, 15) is 9.59 Å². The van der Waals surface area contributed by atoms with Crippen LogP contribution in [0.3, 0.4) is 0 Å². The number of aromatic nitrogens is 1. The molecule has 2 aromatic carbocycles. The lowest BCUT2D eigenvalue weighted by Crippen LogP contribution is -2.34. The number of aromatic amines is 1. The molecule has 254 valence electrons. The molecule has 1 fully saturated rings. The number of rotatable bonds is 14. The average molecular weight is 714 g/mol. The number of pyridine rings is 1. The molecule has 2 N–H and O–H groups in total. The maximum Gasteiger partial charge on any atom is 0.348 e. The van der Waals surface area contributed by atoms with Crippen molar-refractivity contribution in [3.63, 3.8) is 0 Å². The van der Waals surface area contributed by atoms with Crippen LogP contribution < -0.4 is 19.8 Å². The molecule has 0 spiro atoms. The van der Waals surface area contributed by atoms with Gasteiger partial charge in [-0.1, -0.05) is 59.6 Å². The zero-order valence-electron chi connectivity index (χ0n) is 27.2. The van der Waals surface area contributed by atoms with E-state index in [-0.39, 0.29) is 12.4 Å². The molecule has 0 radical (unpaired) electrons. The van der Waals surface area contributed by atoms with Crippen molar-refractivity contribution in [2.45, 2.75) is 38.0 Å². The Balaban J connectivity index is 1.28. The van der Waals surface area contributed by atoms with Crippen LogP contribution in [0.5, 0.6) is 11.5 Å². The maximum atomic E-state index is 13.6. The van der Waals surface area contributed by atoms with Crippen molar-refractivity contribution in [1.29, 1.82) is 0 Å². The van der Waals surface area contributed by atoms with E-state index in [1.807, 2.05) is 42.5 Å². The first kappa shape index (κ1) is 35.6. The molecule has 1 aliphatic heterocycles. The summed E-state index contributed by atoms with van der Waals surface area (Å²) in [5.41, 5.74) is 2.13. The summed E-state index contributed by atoms with van der Waals surface area (Å²) in [7, 11) is 5.21. The molecule has 48 heavy (non-hydrogen) atoms. The van der Waals surface area contributed by atoms with Gasteiger partial charge in [-0.3, -0.25) is 5.32 Å². The van der Waals surface area contributed by atoms with Crippen molar-refractivity contribution < 1.29 is 33.5 Å². The number of esters is 2. The van der Waals surface area contributed by atoms with Gasteiger partial charge >= 0.3 is 11.9 Å². The van der Waals surface area contributed by atoms with E-state index in [0.29, 0.717) is 56.6 Å². The van der Waals surface area contributed by atoms with Gasteiger partial charge < -0.3 is 23.8 Å². The van der Waals surface area contributed by atoms with Gasteiger partial charge in [0.05, 0.1) is 20.8 Å². The second kappa shape index (κ2) is 17.1. The van der Waals surface area contributed by atoms with E-state index >= 15 is 0 Å². The molecule has 4 aromatic rings. The van der Waals surface area contributed by atoms with E-state index in [2.05, 4.69) is 22.2 Å². The molecule has 0 amide bonds. The molecule has 5 rings (SSSR count). The number of likely N-dealkylation sites (tertiary alicyclic amines) is 1. The fourth-order valence-corrected chi connectivity index (χ4v) is 6.98. The normalized spacial score (nSPS) is 15.0. The number of benzene rings is 2. The van der Waals surface area contributed by atoms with Crippen molar-refractivity contribution in [3.8, 4) is 11.5 Å². The van der Waals surface area contributed by atoms with Crippen molar-refractivity contribution in [3.05, 3.63) is 110 Å². The zero-order valence-corrected chi connectivity index (χ0v) is 29.5. The molecule has 0 aliphatic carbocycles. The lowest BCUT2D eigenvalue weighted by Gasteiger charge is -2.29. The molecule has 0 bridgehead atoms. The third-order valence-corrected chi connectivity index (χ3v) is 10.2. The van der Waals surface area contributed by atoms with Gasteiger partial charge in [-0.15, -0.1) is 11.3 Å². The highest BCUT2D eigenvalue weighted by molar-refractivity contribution is 7.13. The summed E-state index contributed by atoms with van der Waals surface area (Å²) in [4.78, 5) is 33.4. The molecule has 2 aromatic heterocycles. The van der Waals surface area contributed by atoms with Crippen LogP contribution in [0.4, 0.5) is 0 Å². The summed E-state index contributed by atoms with van der Waals surface area (Å²) in [6.45, 7) is 2.78. The van der Waals surface area contributed by atoms with E-state index < -0.39 is 18.1 Å². The fraction of sp³-hybridized carbons (Fsp3) is 0.361. The monoisotopic (exact) mass is 712 g/mol. The summed E-state index contributed by atoms with van der Waals surface area (Å²) in [6, 6.07) is 17.8. The molecule has 1 aliphatic rings. The number of piperidine rings is 1. The average Bonchev–Trinajstić information content (AvgIpc) is 3.58. The molecule has 9 nitrogen and oxygen atoms in total. The number of nitrogens with zero attached hydrogens (tertiary/aromatic N) is 1. The maximum absolute atomic E-state index is 13.6. The number of ether oxygens (including phenoxy) is 4. The Morgan fingerprint density at radius 2 is 1.67 bits per heavy atom. The fourth-order valence-electron chi connectivity index (χ4n) is 5.60. The Labute approximate surface area is 295 Å². The minimum absolute atomic E-state index is 0.228. The van der Waals surface area contributed by atoms with E-state index in [4.69, 9.17) is 42.1 Å². The van der Waals surface area contributed by atoms with Crippen LogP contribution in [0.2, 0.25) is 10.0 Å². The van der Waals surface area contributed by atoms with Gasteiger partial charge in [-0.2, -0.15) is 0 Å². The van der Waals surface area contributed by atoms with Crippen LogP contribution >= 0.6 is 34.5 Å². The summed E-state index contributed by atoms with van der Waals surface area (Å²) in [5, 5.41) is 4.20. The summed E-state index contributed by atoms with van der Waals surface area (Å²) in [6.07, 6.45) is 4.77. The number of carbonyl (C=O) groups excluding carboxylic acids is 2.